The molecule has 5 heteroatoms. The van der Waals surface area contributed by atoms with Gasteiger partial charge in [0.2, 0.25) is 0 Å². The van der Waals surface area contributed by atoms with Crippen LogP contribution in [0.5, 0.6) is 23.0 Å². The normalized spacial score (nSPS) is 21.2. The number of hydrogen-bond donors (Lipinski definition) is 1. The van der Waals surface area contributed by atoms with Crippen molar-refractivity contribution < 1.29 is 19.3 Å². The first-order valence-electron chi connectivity index (χ1n) is 7.96. The van der Waals surface area contributed by atoms with Crippen LogP contribution in [0, 0.1) is 0 Å². The second kappa shape index (κ2) is 5.31. The van der Waals surface area contributed by atoms with Gasteiger partial charge in [-0.2, -0.15) is 0 Å². The van der Waals surface area contributed by atoms with Crippen LogP contribution in [0.25, 0.3) is 0 Å². The van der Waals surface area contributed by atoms with E-state index in [1.54, 1.807) is 21.3 Å². The number of methoxy groups -OCH3 is 3. The van der Waals surface area contributed by atoms with Crippen LogP contribution in [0.4, 0.5) is 0 Å². The van der Waals surface area contributed by atoms with Crippen LogP contribution >= 0.6 is 0 Å². The highest BCUT2D eigenvalue weighted by molar-refractivity contribution is 5.59. The minimum atomic E-state index is 0.102. The molecule has 2 atom stereocenters. The molecule has 2 aliphatic rings. The van der Waals surface area contributed by atoms with Crippen LogP contribution in [-0.2, 0) is 6.42 Å². The van der Waals surface area contributed by atoms with E-state index in [2.05, 4.69) is 24.1 Å². The summed E-state index contributed by atoms with van der Waals surface area (Å²) in [4.78, 5) is 2.35. The van der Waals surface area contributed by atoms with Gasteiger partial charge in [0.25, 0.3) is 0 Å². The lowest BCUT2D eigenvalue weighted by Gasteiger charge is -2.34. The molecule has 2 aliphatic heterocycles. The Bertz CT molecular complexity index is 817. The Morgan fingerprint density at radius 3 is 2.17 bits per heavy atom. The highest BCUT2D eigenvalue weighted by atomic mass is 16.5. The highest BCUT2D eigenvalue weighted by Crippen LogP contribution is 2.54. The largest absolute Gasteiger partial charge is 0.504 e. The number of likely N-dealkylation sites (N-methyl/N-ethyl adjacent to an activating group) is 1. The number of phenolic OH excluding ortho intramolecular Hbond substituents is 1. The number of hydrogen-bond acceptors (Lipinski definition) is 5. The van der Waals surface area contributed by atoms with Gasteiger partial charge in [0, 0.05) is 6.04 Å². The van der Waals surface area contributed by atoms with E-state index >= 15 is 0 Å². The van der Waals surface area contributed by atoms with Crippen LogP contribution in [0.1, 0.15) is 34.3 Å². The van der Waals surface area contributed by atoms with Gasteiger partial charge in [-0.05, 0) is 60.0 Å². The molecule has 0 aliphatic carbocycles. The van der Waals surface area contributed by atoms with Gasteiger partial charge in [-0.1, -0.05) is 0 Å². The molecule has 2 aromatic rings. The fourth-order valence-electron chi connectivity index (χ4n) is 4.13. The van der Waals surface area contributed by atoms with Crippen molar-refractivity contribution in [2.75, 3.05) is 28.4 Å². The fraction of sp³-hybridized carbons (Fsp3) is 0.368. The number of phenols is 1. The lowest BCUT2D eigenvalue weighted by Crippen LogP contribution is -2.29. The summed E-state index contributed by atoms with van der Waals surface area (Å²) in [6.45, 7) is 0. The van der Waals surface area contributed by atoms with Gasteiger partial charge >= 0.3 is 0 Å². The molecule has 0 aromatic heterocycles. The maximum absolute atomic E-state index is 10.2. The van der Waals surface area contributed by atoms with Gasteiger partial charge in [-0.25, -0.2) is 0 Å². The predicted molar refractivity (Wildman–Crippen MR) is 90.3 cm³/mol. The Morgan fingerprint density at radius 1 is 0.875 bits per heavy atom. The lowest BCUT2D eigenvalue weighted by molar-refractivity contribution is 0.212. The quantitative estimate of drug-likeness (QED) is 0.939. The molecule has 2 bridgehead atoms. The average Bonchev–Trinajstić information content (AvgIpc) is 2.76. The summed E-state index contributed by atoms with van der Waals surface area (Å²) in [7, 11) is 7.01. The molecule has 1 N–H and O–H groups in total. The number of nitrogens with zero attached hydrogens (tertiary/aromatic N) is 1. The molecule has 0 amide bonds. The third-order valence-corrected chi connectivity index (χ3v) is 5.29. The Labute approximate surface area is 141 Å². The SMILES string of the molecule is COc1cc2c(cc1O)[C@H]1c3cc(OC)c(OC)cc3C[C@@H]2N1C. The smallest absolute Gasteiger partial charge is 0.161 e. The van der Waals surface area contributed by atoms with E-state index in [0.717, 1.165) is 23.5 Å². The van der Waals surface area contributed by atoms with Crippen molar-refractivity contribution in [1.82, 2.24) is 4.90 Å². The molecule has 2 heterocycles. The van der Waals surface area contributed by atoms with E-state index in [9.17, 15) is 5.11 Å². The van der Waals surface area contributed by atoms with Crippen LogP contribution in [-0.4, -0.2) is 38.4 Å². The number of aromatic hydroxyl groups is 1. The van der Waals surface area contributed by atoms with Gasteiger partial charge in [-0.15, -0.1) is 0 Å². The molecule has 24 heavy (non-hydrogen) atoms. The summed E-state index contributed by atoms with van der Waals surface area (Å²) in [5.41, 5.74) is 4.81. The minimum absolute atomic E-state index is 0.102. The topological polar surface area (TPSA) is 51.2 Å². The zero-order valence-corrected chi connectivity index (χ0v) is 14.3. The molecule has 126 valence electrons. The maximum Gasteiger partial charge on any atom is 0.161 e. The van der Waals surface area contributed by atoms with Crippen LogP contribution in [0.15, 0.2) is 24.3 Å². The summed E-state index contributed by atoms with van der Waals surface area (Å²) >= 11 is 0. The molecule has 0 saturated heterocycles. The monoisotopic (exact) mass is 327 g/mol. The van der Waals surface area contributed by atoms with Crippen molar-refractivity contribution in [2.45, 2.75) is 18.5 Å². The lowest BCUT2D eigenvalue weighted by atomic mass is 9.91. The third kappa shape index (κ3) is 1.91. The number of benzene rings is 2. The van der Waals surface area contributed by atoms with Gasteiger partial charge in [0.15, 0.2) is 23.0 Å². The molecule has 2 aromatic carbocycles. The Morgan fingerprint density at radius 2 is 1.50 bits per heavy atom. The highest BCUT2D eigenvalue weighted by Gasteiger charge is 2.43. The van der Waals surface area contributed by atoms with Crippen molar-refractivity contribution in [3.8, 4) is 23.0 Å². The predicted octanol–water partition coefficient (Wildman–Crippen LogP) is 3.05. The molecule has 0 unspecified atom stereocenters. The van der Waals surface area contributed by atoms with Crippen molar-refractivity contribution in [1.29, 1.82) is 0 Å². The summed E-state index contributed by atoms with van der Waals surface area (Å²) < 4.78 is 16.2. The summed E-state index contributed by atoms with van der Waals surface area (Å²) in [5.74, 6) is 2.19. The number of rotatable bonds is 3. The third-order valence-electron chi connectivity index (χ3n) is 5.29. The van der Waals surface area contributed by atoms with Crippen molar-refractivity contribution in [3.63, 3.8) is 0 Å². The standard InChI is InChI=1S/C19H21NO4/c1-20-14-5-10-6-17(23-3)18(24-4)8-11(10)19(20)13-7-15(21)16(22-2)9-12(13)14/h6-9,14,19,21H,5H2,1-4H3/t14-,19+/m0/s1. The molecule has 5 nitrogen and oxygen atoms in total. The molecule has 0 saturated carbocycles. The van der Waals surface area contributed by atoms with Gasteiger partial charge < -0.3 is 19.3 Å². The Balaban J connectivity index is 1.91. The summed E-state index contributed by atoms with van der Waals surface area (Å²) in [5, 5.41) is 10.2. The first kappa shape index (κ1) is 15.1. The second-order valence-corrected chi connectivity index (χ2v) is 6.35. The van der Waals surface area contributed by atoms with E-state index in [1.165, 1.54) is 16.7 Å². The van der Waals surface area contributed by atoms with E-state index in [0.29, 0.717) is 5.75 Å². The van der Waals surface area contributed by atoms with E-state index < -0.39 is 0 Å². The van der Waals surface area contributed by atoms with Crippen LogP contribution in [0.3, 0.4) is 0 Å². The maximum atomic E-state index is 10.2. The molecular weight excluding hydrogens is 306 g/mol. The minimum Gasteiger partial charge on any atom is -0.504 e. The van der Waals surface area contributed by atoms with Crippen molar-refractivity contribution in [2.24, 2.45) is 0 Å². The number of ether oxygens (including phenoxy) is 3. The Kier molecular flexibility index (Phi) is 3.35. The molecule has 0 fully saturated rings. The second-order valence-electron chi connectivity index (χ2n) is 6.35. The molecule has 0 radical (unpaired) electrons. The first-order chi connectivity index (χ1) is 11.6. The van der Waals surface area contributed by atoms with Crippen LogP contribution < -0.4 is 14.2 Å². The van der Waals surface area contributed by atoms with Crippen LogP contribution in [0.2, 0.25) is 0 Å². The Hall–Kier alpha value is -2.40. The average molecular weight is 327 g/mol. The molecular formula is C19H21NO4. The van der Waals surface area contributed by atoms with E-state index in [-0.39, 0.29) is 17.8 Å². The first-order valence-corrected chi connectivity index (χ1v) is 7.96. The van der Waals surface area contributed by atoms with E-state index in [1.807, 2.05) is 12.1 Å². The van der Waals surface area contributed by atoms with E-state index in [4.69, 9.17) is 14.2 Å². The number of fused-ring (bicyclic) bond motifs is 7. The fourth-order valence-corrected chi connectivity index (χ4v) is 4.13. The van der Waals surface area contributed by atoms with Crippen molar-refractivity contribution >= 4 is 0 Å². The molecule has 0 spiro atoms. The van der Waals surface area contributed by atoms with Crippen molar-refractivity contribution in [3.05, 3.63) is 46.5 Å². The van der Waals surface area contributed by atoms with Gasteiger partial charge in [0.05, 0.1) is 27.4 Å². The summed E-state index contributed by atoms with van der Waals surface area (Å²) in [6, 6.07) is 8.30. The summed E-state index contributed by atoms with van der Waals surface area (Å²) in [6.07, 6.45) is 0.892. The zero-order valence-electron chi connectivity index (χ0n) is 14.3. The van der Waals surface area contributed by atoms with Gasteiger partial charge in [0.1, 0.15) is 0 Å². The zero-order chi connectivity index (χ0) is 17.0. The van der Waals surface area contributed by atoms with Gasteiger partial charge in [-0.3, -0.25) is 4.90 Å². The molecule has 4 rings (SSSR count).